The van der Waals surface area contributed by atoms with Gasteiger partial charge in [-0.2, -0.15) is 0 Å². The summed E-state index contributed by atoms with van der Waals surface area (Å²) in [7, 11) is 0. The molecule has 0 saturated carbocycles. The Morgan fingerprint density at radius 2 is 0.583 bits per heavy atom. The lowest BCUT2D eigenvalue weighted by molar-refractivity contribution is 1.61. The van der Waals surface area contributed by atoms with Crippen molar-refractivity contribution in [3.8, 4) is 86.3 Å². The summed E-state index contributed by atoms with van der Waals surface area (Å²) < 4.78 is 0. The Kier molecular flexibility index (Phi) is 11.4. The van der Waals surface area contributed by atoms with Crippen molar-refractivity contribution in [1.82, 2.24) is 0 Å². The molecule has 2 heteroatoms. The van der Waals surface area contributed by atoms with E-state index in [1.165, 1.54) is 130 Å². The Labute approximate surface area is 428 Å². The molecule has 0 unspecified atom stereocenters. The van der Waals surface area contributed by atoms with Gasteiger partial charge in [0.15, 0.2) is 0 Å². The van der Waals surface area contributed by atoms with Gasteiger partial charge in [0.1, 0.15) is 0 Å². The molecule has 0 nitrogen and oxygen atoms in total. The molecule has 13 aromatic rings. The highest BCUT2D eigenvalue weighted by atomic mass is 32.1. The predicted octanol–water partition coefficient (Wildman–Crippen LogP) is 20.8. The van der Waals surface area contributed by atoms with Crippen LogP contribution in [0, 0.1) is 0 Å². The van der Waals surface area contributed by atoms with E-state index in [4.69, 9.17) is 0 Å². The molecule has 0 aliphatic rings. The standard InChI is InChI=1S/C70H46S2/c1-4-17-47(18-5-1)33-34-48-19-14-24-51(43-48)57-37-38-58(60-30-11-10-29-59(57)60)52-35-36-63-64(46-52)70(56-28-16-26-54(45-56)68-42-40-66(72-68)50-22-8-3-9-23-50)62-32-13-12-31-61(62)69(63)55-27-15-25-53(44-55)67-41-39-65(71-67)49-20-6-2-7-21-49/h1-46H/b34-33+. The van der Waals surface area contributed by atoms with Gasteiger partial charge < -0.3 is 0 Å². The van der Waals surface area contributed by atoms with Crippen LogP contribution in [-0.4, -0.2) is 0 Å². The fourth-order valence-corrected chi connectivity index (χ4v) is 12.5. The average Bonchev–Trinajstić information content (AvgIpc) is 4.17. The van der Waals surface area contributed by atoms with Crippen LogP contribution in [0.25, 0.3) is 131 Å². The maximum absolute atomic E-state index is 2.47. The first-order valence-corrected chi connectivity index (χ1v) is 26.2. The number of rotatable bonds is 10. The molecular formula is C70H46S2. The lowest BCUT2D eigenvalue weighted by Crippen LogP contribution is -1.93. The van der Waals surface area contributed by atoms with Gasteiger partial charge in [0, 0.05) is 19.5 Å². The third kappa shape index (κ3) is 8.27. The number of thiophene rings is 2. The zero-order valence-electron chi connectivity index (χ0n) is 39.4. The highest BCUT2D eigenvalue weighted by Crippen LogP contribution is 2.48. The zero-order valence-corrected chi connectivity index (χ0v) is 41.0. The van der Waals surface area contributed by atoms with Crippen molar-refractivity contribution in [1.29, 1.82) is 0 Å². The summed E-state index contributed by atoms with van der Waals surface area (Å²) in [5.41, 5.74) is 17.0. The minimum absolute atomic E-state index is 1.17. The van der Waals surface area contributed by atoms with E-state index in [2.05, 4.69) is 279 Å². The lowest BCUT2D eigenvalue weighted by Gasteiger charge is -2.20. The quantitative estimate of drug-likeness (QED) is 0.0947. The number of hydrogen-bond acceptors (Lipinski definition) is 2. The second kappa shape index (κ2) is 18.9. The van der Waals surface area contributed by atoms with E-state index in [0.29, 0.717) is 0 Å². The maximum atomic E-state index is 2.47. The largest absolute Gasteiger partial charge is 0.135 e. The van der Waals surface area contributed by atoms with E-state index in [-0.39, 0.29) is 0 Å². The molecule has 0 radical (unpaired) electrons. The van der Waals surface area contributed by atoms with Gasteiger partial charge in [0.2, 0.25) is 0 Å². The molecule has 72 heavy (non-hydrogen) atoms. The molecule has 11 aromatic carbocycles. The van der Waals surface area contributed by atoms with Gasteiger partial charge in [-0.1, -0.05) is 231 Å². The van der Waals surface area contributed by atoms with Crippen LogP contribution in [-0.2, 0) is 0 Å². The van der Waals surface area contributed by atoms with Crippen LogP contribution in [0.1, 0.15) is 11.1 Å². The summed E-state index contributed by atoms with van der Waals surface area (Å²) in [6.45, 7) is 0. The van der Waals surface area contributed by atoms with E-state index < -0.39 is 0 Å². The minimum Gasteiger partial charge on any atom is -0.135 e. The number of fused-ring (bicyclic) bond motifs is 3. The van der Waals surface area contributed by atoms with Crippen molar-refractivity contribution in [3.05, 3.63) is 278 Å². The first-order valence-electron chi connectivity index (χ1n) is 24.5. The Morgan fingerprint density at radius 3 is 1.14 bits per heavy atom. The van der Waals surface area contributed by atoms with Gasteiger partial charge in [-0.05, 0) is 159 Å². The van der Waals surface area contributed by atoms with Crippen LogP contribution in [0.4, 0.5) is 0 Å². The van der Waals surface area contributed by atoms with E-state index in [1.807, 2.05) is 22.7 Å². The number of benzene rings is 11. The Bertz CT molecular complexity index is 4140. The van der Waals surface area contributed by atoms with Crippen molar-refractivity contribution in [3.63, 3.8) is 0 Å². The number of hydrogen-bond donors (Lipinski definition) is 0. The van der Waals surface area contributed by atoms with E-state index in [9.17, 15) is 0 Å². The summed E-state index contributed by atoms with van der Waals surface area (Å²) >= 11 is 3.70. The summed E-state index contributed by atoms with van der Waals surface area (Å²) in [6, 6.07) is 98.1. The molecule has 0 aliphatic heterocycles. The molecular weight excluding hydrogens is 905 g/mol. The second-order valence-corrected chi connectivity index (χ2v) is 20.5. The van der Waals surface area contributed by atoms with Gasteiger partial charge in [0.05, 0.1) is 0 Å². The van der Waals surface area contributed by atoms with E-state index in [0.717, 1.165) is 0 Å². The Morgan fingerprint density at radius 1 is 0.208 bits per heavy atom. The summed E-state index contributed by atoms with van der Waals surface area (Å²) in [5.74, 6) is 0. The van der Waals surface area contributed by atoms with Crippen molar-refractivity contribution < 1.29 is 0 Å². The molecule has 0 amide bonds. The van der Waals surface area contributed by atoms with E-state index >= 15 is 0 Å². The molecule has 2 heterocycles. The van der Waals surface area contributed by atoms with Crippen molar-refractivity contribution in [2.45, 2.75) is 0 Å². The SMILES string of the molecule is C(=C\c1cccc(-c2ccc(-c3ccc4c(-c5cccc(-c6ccc(-c7ccccc7)s6)c5)c5ccccc5c(-c5cccc(-c6ccc(-c7ccccc7)s6)c5)c4c3)c3ccccc23)c1)/c1ccccc1. The van der Waals surface area contributed by atoms with Crippen LogP contribution in [0.3, 0.4) is 0 Å². The van der Waals surface area contributed by atoms with Crippen molar-refractivity contribution in [2.24, 2.45) is 0 Å². The molecule has 338 valence electrons. The Hall–Kier alpha value is -8.66. The smallest absolute Gasteiger partial charge is 0.0349 e. The van der Waals surface area contributed by atoms with E-state index in [1.54, 1.807) is 0 Å². The third-order valence-electron chi connectivity index (χ3n) is 13.9. The van der Waals surface area contributed by atoms with Crippen LogP contribution >= 0.6 is 22.7 Å². The van der Waals surface area contributed by atoms with Crippen LogP contribution in [0.2, 0.25) is 0 Å². The molecule has 0 aliphatic carbocycles. The fraction of sp³-hybridized carbons (Fsp3) is 0. The van der Waals surface area contributed by atoms with Gasteiger partial charge in [-0.15, -0.1) is 22.7 Å². The van der Waals surface area contributed by atoms with Crippen LogP contribution in [0.15, 0.2) is 267 Å². The fourth-order valence-electron chi connectivity index (χ4n) is 10.5. The predicted molar refractivity (Wildman–Crippen MR) is 314 cm³/mol. The summed E-state index contributed by atoms with van der Waals surface area (Å²) in [5, 5.41) is 7.40. The zero-order chi connectivity index (χ0) is 47.8. The normalized spacial score (nSPS) is 11.6. The van der Waals surface area contributed by atoms with Crippen molar-refractivity contribution >= 4 is 67.1 Å². The third-order valence-corrected chi connectivity index (χ3v) is 16.3. The van der Waals surface area contributed by atoms with Gasteiger partial charge >= 0.3 is 0 Å². The van der Waals surface area contributed by atoms with Crippen molar-refractivity contribution in [2.75, 3.05) is 0 Å². The molecule has 0 fully saturated rings. The summed E-state index contributed by atoms with van der Waals surface area (Å²) in [4.78, 5) is 5.06. The monoisotopic (exact) mass is 950 g/mol. The maximum Gasteiger partial charge on any atom is 0.0349 e. The highest BCUT2D eigenvalue weighted by molar-refractivity contribution is 7.19. The molecule has 0 atom stereocenters. The molecule has 0 spiro atoms. The lowest BCUT2D eigenvalue weighted by atomic mass is 9.83. The summed E-state index contributed by atoms with van der Waals surface area (Å²) in [6.07, 6.45) is 4.39. The molecule has 0 saturated heterocycles. The molecule has 13 rings (SSSR count). The average molecular weight is 951 g/mol. The first-order chi connectivity index (χ1) is 35.7. The van der Waals surface area contributed by atoms with Gasteiger partial charge in [0.25, 0.3) is 0 Å². The highest BCUT2D eigenvalue weighted by Gasteiger charge is 2.20. The molecule has 0 bridgehead atoms. The van der Waals surface area contributed by atoms with Crippen LogP contribution < -0.4 is 0 Å². The second-order valence-electron chi connectivity index (χ2n) is 18.4. The topological polar surface area (TPSA) is 0 Å². The minimum atomic E-state index is 1.17. The van der Waals surface area contributed by atoms with Gasteiger partial charge in [-0.25, -0.2) is 0 Å². The Balaban J connectivity index is 0.986. The molecule has 2 aromatic heterocycles. The van der Waals surface area contributed by atoms with Crippen LogP contribution in [0.5, 0.6) is 0 Å². The van der Waals surface area contributed by atoms with Gasteiger partial charge in [-0.3, -0.25) is 0 Å². The molecule has 0 N–H and O–H groups in total. The first kappa shape index (κ1) is 43.4.